The predicted molar refractivity (Wildman–Crippen MR) is 52.3 cm³/mol. The van der Waals surface area contributed by atoms with E-state index < -0.39 is 29.1 Å². The van der Waals surface area contributed by atoms with Crippen LogP contribution in [0.2, 0.25) is 0 Å². The van der Waals surface area contributed by atoms with Gasteiger partial charge in [-0.25, -0.2) is 13.2 Å². The molecular weight excluding hydrogens is 224 g/mol. The summed E-state index contributed by atoms with van der Waals surface area (Å²) in [5, 5.41) is 0. The van der Waals surface area contributed by atoms with E-state index in [0.717, 1.165) is 0 Å². The van der Waals surface area contributed by atoms with Crippen molar-refractivity contribution in [2.24, 2.45) is 0 Å². The zero-order chi connectivity index (χ0) is 12.1. The lowest BCUT2D eigenvalue weighted by molar-refractivity contribution is -0.149. The monoisotopic (exact) mass is 240 g/mol. The van der Waals surface area contributed by atoms with E-state index in [9.17, 15) is 13.2 Å². The molecule has 0 aliphatic heterocycles. The molecule has 0 radical (unpaired) electrons. The molecule has 0 bridgehead atoms. The van der Waals surface area contributed by atoms with Gasteiger partial charge in [0.2, 0.25) is 0 Å². The topological polar surface area (TPSA) is 78.9 Å². The van der Waals surface area contributed by atoms with Crippen molar-refractivity contribution in [2.45, 2.75) is 39.9 Å². The fourth-order valence-electron chi connectivity index (χ4n) is 0.681. The number of hydrogen-bond acceptors (Lipinski definition) is 6. The van der Waals surface area contributed by atoms with Gasteiger partial charge in [0.15, 0.2) is 6.61 Å². The zero-order valence-electron chi connectivity index (χ0n) is 9.22. The standard InChI is InChI=1S/C8H16O6S/c1-6(2)13-8(9)5-12-15(10,11)14-7(3)4/h6-7H,5H2,1-4H3. The molecule has 0 rings (SSSR count). The summed E-state index contributed by atoms with van der Waals surface area (Å²) in [5.74, 6) is -0.749. The first-order chi connectivity index (χ1) is 6.73. The van der Waals surface area contributed by atoms with Gasteiger partial charge >= 0.3 is 16.4 Å². The maximum Gasteiger partial charge on any atom is 0.400 e. The number of rotatable bonds is 6. The number of esters is 1. The highest BCUT2D eigenvalue weighted by Crippen LogP contribution is 2.01. The largest absolute Gasteiger partial charge is 0.461 e. The first-order valence-corrected chi connectivity index (χ1v) is 5.83. The van der Waals surface area contributed by atoms with Crippen LogP contribution in [-0.2, 0) is 28.3 Å². The van der Waals surface area contributed by atoms with Crippen LogP contribution in [0.25, 0.3) is 0 Å². The van der Waals surface area contributed by atoms with Crippen molar-refractivity contribution in [3.05, 3.63) is 0 Å². The Balaban J connectivity index is 3.99. The van der Waals surface area contributed by atoms with Gasteiger partial charge in [-0.1, -0.05) is 0 Å². The van der Waals surface area contributed by atoms with Gasteiger partial charge in [0.25, 0.3) is 0 Å². The lowest BCUT2D eigenvalue weighted by Gasteiger charge is -2.09. The van der Waals surface area contributed by atoms with Crippen LogP contribution in [0.1, 0.15) is 27.7 Å². The maximum absolute atomic E-state index is 11.0. The van der Waals surface area contributed by atoms with Crippen molar-refractivity contribution in [3.8, 4) is 0 Å². The molecule has 0 unspecified atom stereocenters. The Kier molecular flexibility index (Phi) is 5.77. The zero-order valence-corrected chi connectivity index (χ0v) is 10.0. The molecule has 0 aromatic rings. The SMILES string of the molecule is CC(C)OC(=O)COS(=O)(=O)OC(C)C. The summed E-state index contributed by atoms with van der Waals surface area (Å²) in [5.41, 5.74) is 0. The molecule has 0 aliphatic rings. The molecule has 0 aliphatic carbocycles. The smallest absolute Gasteiger partial charge is 0.400 e. The third kappa shape index (κ3) is 8.34. The lowest BCUT2D eigenvalue weighted by Crippen LogP contribution is -2.22. The third-order valence-corrected chi connectivity index (χ3v) is 2.03. The molecule has 0 saturated carbocycles. The summed E-state index contributed by atoms with van der Waals surface area (Å²) in [6.07, 6.45) is -0.842. The van der Waals surface area contributed by atoms with Crippen molar-refractivity contribution in [3.63, 3.8) is 0 Å². The van der Waals surface area contributed by atoms with Gasteiger partial charge in [-0.2, -0.15) is 8.42 Å². The minimum atomic E-state index is -4.11. The highest BCUT2D eigenvalue weighted by atomic mass is 32.3. The molecule has 90 valence electrons. The second-order valence-corrected chi connectivity index (χ2v) is 4.60. The van der Waals surface area contributed by atoms with Crippen LogP contribution in [0, 0.1) is 0 Å². The Morgan fingerprint density at radius 1 is 1.13 bits per heavy atom. The van der Waals surface area contributed by atoms with Crippen LogP contribution in [0.4, 0.5) is 0 Å². The number of hydrogen-bond donors (Lipinski definition) is 0. The van der Waals surface area contributed by atoms with Crippen molar-refractivity contribution in [1.82, 2.24) is 0 Å². The maximum atomic E-state index is 11.0. The van der Waals surface area contributed by atoms with Crippen LogP contribution in [0.5, 0.6) is 0 Å². The Morgan fingerprint density at radius 2 is 1.67 bits per heavy atom. The van der Waals surface area contributed by atoms with Crippen LogP contribution in [0.3, 0.4) is 0 Å². The van der Waals surface area contributed by atoms with Gasteiger partial charge in [0.1, 0.15) is 0 Å². The van der Waals surface area contributed by atoms with Gasteiger partial charge in [-0.3, -0.25) is 0 Å². The van der Waals surface area contributed by atoms with E-state index in [-0.39, 0.29) is 6.10 Å². The lowest BCUT2D eigenvalue weighted by atomic mass is 10.5. The molecule has 0 spiro atoms. The fourth-order valence-corrected chi connectivity index (χ4v) is 1.45. The van der Waals surface area contributed by atoms with E-state index in [1.807, 2.05) is 0 Å². The van der Waals surface area contributed by atoms with Crippen molar-refractivity contribution in [2.75, 3.05) is 6.61 Å². The van der Waals surface area contributed by atoms with Crippen LogP contribution < -0.4 is 0 Å². The minimum absolute atomic E-state index is 0.310. The van der Waals surface area contributed by atoms with E-state index in [4.69, 9.17) is 0 Å². The Bertz CT molecular complexity index is 292. The van der Waals surface area contributed by atoms with Crippen molar-refractivity contribution in [1.29, 1.82) is 0 Å². The van der Waals surface area contributed by atoms with Crippen LogP contribution >= 0.6 is 0 Å². The molecule has 0 aromatic carbocycles. The van der Waals surface area contributed by atoms with E-state index in [1.165, 1.54) is 13.8 Å². The number of carbonyl (C=O) groups is 1. The highest BCUT2D eigenvalue weighted by Gasteiger charge is 2.17. The van der Waals surface area contributed by atoms with E-state index in [0.29, 0.717) is 0 Å². The summed E-state index contributed by atoms with van der Waals surface area (Å²) in [4.78, 5) is 10.9. The van der Waals surface area contributed by atoms with Crippen LogP contribution in [0.15, 0.2) is 0 Å². The van der Waals surface area contributed by atoms with E-state index in [2.05, 4.69) is 13.1 Å². The van der Waals surface area contributed by atoms with Crippen LogP contribution in [-0.4, -0.2) is 33.2 Å². The molecule has 0 atom stereocenters. The van der Waals surface area contributed by atoms with E-state index in [1.54, 1.807) is 13.8 Å². The summed E-state index contributed by atoms with van der Waals surface area (Å²) in [6, 6.07) is 0. The second kappa shape index (κ2) is 6.04. The highest BCUT2D eigenvalue weighted by molar-refractivity contribution is 7.81. The van der Waals surface area contributed by atoms with Crippen molar-refractivity contribution < 1.29 is 26.3 Å². The molecule has 0 fully saturated rings. The number of ether oxygens (including phenoxy) is 1. The molecule has 0 N–H and O–H groups in total. The average Bonchev–Trinajstić information content (AvgIpc) is 1.97. The quantitative estimate of drug-likeness (QED) is 0.633. The number of carbonyl (C=O) groups excluding carboxylic acids is 1. The third-order valence-electron chi connectivity index (χ3n) is 0.999. The molecule has 0 heterocycles. The Hall–Kier alpha value is -0.660. The van der Waals surface area contributed by atoms with Gasteiger partial charge in [0.05, 0.1) is 12.2 Å². The predicted octanol–water partition coefficient (Wildman–Crippen LogP) is 0.624. The molecule has 15 heavy (non-hydrogen) atoms. The minimum Gasteiger partial charge on any atom is -0.461 e. The first kappa shape index (κ1) is 14.3. The Labute approximate surface area is 89.8 Å². The molecule has 0 aromatic heterocycles. The molecular formula is C8H16O6S. The Morgan fingerprint density at radius 3 is 2.07 bits per heavy atom. The van der Waals surface area contributed by atoms with Gasteiger partial charge < -0.3 is 4.74 Å². The fraction of sp³-hybridized carbons (Fsp3) is 0.875. The molecule has 0 saturated heterocycles. The molecule has 6 nitrogen and oxygen atoms in total. The van der Waals surface area contributed by atoms with Gasteiger partial charge in [-0.05, 0) is 27.7 Å². The van der Waals surface area contributed by atoms with Crippen molar-refractivity contribution >= 4 is 16.4 Å². The van der Waals surface area contributed by atoms with Gasteiger partial charge in [-0.15, -0.1) is 0 Å². The first-order valence-electron chi connectivity index (χ1n) is 4.50. The molecule has 7 heteroatoms. The summed E-state index contributed by atoms with van der Waals surface area (Å²) in [6.45, 7) is 5.70. The average molecular weight is 240 g/mol. The summed E-state index contributed by atoms with van der Waals surface area (Å²) < 4.78 is 35.3. The normalized spacial score (nSPS) is 12.1. The van der Waals surface area contributed by atoms with E-state index >= 15 is 0 Å². The summed E-state index contributed by atoms with van der Waals surface area (Å²) >= 11 is 0. The molecule has 0 amide bonds. The van der Waals surface area contributed by atoms with Gasteiger partial charge in [0, 0.05) is 0 Å². The second-order valence-electron chi connectivity index (χ2n) is 3.35. The summed E-state index contributed by atoms with van der Waals surface area (Å²) in [7, 11) is -4.11.